The number of carbonyl (C=O) groups is 1. The number of hydrogen-bond donors (Lipinski definition) is 0. The van der Waals surface area contributed by atoms with Crippen LogP contribution < -0.4 is 14.9 Å². The average molecular weight is 483 g/mol. The first-order valence-electron chi connectivity index (χ1n) is 11.6. The smallest absolute Gasteiger partial charge is 0.290 e. The second-order valence-corrected chi connectivity index (χ2v) is 8.64. The van der Waals surface area contributed by atoms with Crippen LogP contribution in [-0.4, -0.2) is 69.3 Å². The van der Waals surface area contributed by atoms with Crippen LogP contribution in [0.5, 0.6) is 11.5 Å². The van der Waals surface area contributed by atoms with Crippen LogP contribution in [0.1, 0.15) is 34.1 Å². The molecule has 1 atom stereocenters. The molecule has 5 rings (SSSR count). The summed E-state index contributed by atoms with van der Waals surface area (Å²) in [6.07, 6.45) is 0.714. The van der Waals surface area contributed by atoms with Crippen LogP contribution in [-0.2, 0) is 4.74 Å². The van der Waals surface area contributed by atoms with Gasteiger partial charge in [-0.2, -0.15) is 0 Å². The van der Waals surface area contributed by atoms with E-state index in [0.717, 1.165) is 25.7 Å². The molecule has 0 saturated carbocycles. The molecular formula is C26H27FN2O6. The number of nitrogens with zero attached hydrogens (tertiary/aromatic N) is 2. The van der Waals surface area contributed by atoms with Gasteiger partial charge in [-0.05, 0) is 42.3 Å². The van der Waals surface area contributed by atoms with Crippen molar-refractivity contribution in [2.45, 2.75) is 12.5 Å². The topological polar surface area (TPSA) is 81.5 Å². The number of carbonyl (C=O) groups excluding carboxylic acids is 1. The summed E-state index contributed by atoms with van der Waals surface area (Å²) < 4.78 is 36.1. The van der Waals surface area contributed by atoms with E-state index in [0.29, 0.717) is 43.2 Å². The number of hydrogen-bond acceptors (Lipinski definition) is 7. The molecule has 2 aliphatic heterocycles. The van der Waals surface area contributed by atoms with Crippen LogP contribution in [0.2, 0.25) is 0 Å². The minimum absolute atomic E-state index is 0.000246. The Morgan fingerprint density at radius 3 is 2.51 bits per heavy atom. The quantitative estimate of drug-likeness (QED) is 0.512. The molecule has 1 fully saturated rings. The molecule has 3 heterocycles. The minimum atomic E-state index is -0.689. The van der Waals surface area contributed by atoms with Crippen LogP contribution in [0.25, 0.3) is 11.0 Å². The van der Waals surface area contributed by atoms with Crippen molar-refractivity contribution in [1.29, 1.82) is 0 Å². The third-order valence-corrected chi connectivity index (χ3v) is 6.63. The maximum absolute atomic E-state index is 14.0. The molecule has 35 heavy (non-hydrogen) atoms. The van der Waals surface area contributed by atoms with E-state index in [1.807, 2.05) is 0 Å². The zero-order valence-corrected chi connectivity index (χ0v) is 19.7. The fourth-order valence-corrected chi connectivity index (χ4v) is 4.88. The summed E-state index contributed by atoms with van der Waals surface area (Å²) in [5.41, 5.74) is 0.671. The Morgan fingerprint density at radius 1 is 1.00 bits per heavy atom. The summed E-state index contributed by atoms with van der Waals surface area (Å²) in [6, 6.07) is 8.36. The van der Waals surface area contributed by atoms with E-state index in [-0.39, 0.29) is 28.2 Å². The summed E-state index contributed by atoms with van der Waals surface area (Å²) in [5.74, 6) is 0.118. The zero-order chi connectivity index (χ0) is 24.5. The van der Waals surface area contributed by atoms with Gasteiger partial charge in [0.25, 0.3) is 5.91 Å². The Balaban J connectivity index is 1.57. The Morgan fingerprint density at radius 2 is 1.77 bits per heavy atom. The highest BCUT2D eigenvalue weighted by molar-refractivity contribution is 5.99. The normalized spacial score (nSPS) is 18.2. The van der Waals surface area contributed by atoms with Crippen molar-refractivity contribution in [2.24, 2.45) is 0 Å². The molecule has 1 amide bonds. The Kier molecular flexibility index (Phi) is 6.44. The summed E-state index contributed by atoms with van der Waals surface area (Å²) in [7, 11) is 3.07. The van der Waals surface area contributed by atoms with Crippen molar-refractivity contribution in [2.75, 3.05) is 53.6 Å². The van der Waals surface area contributed by atoms with Gasteiger partial charge in [0.1, 0.15) is 11.4 Å². The maximum atomic E-state index is 14.0. The molecule has 8 nitrogen and oxygen atoms in total. The first-order valence-corrected chi connectivity index (χ1v) is 11.6. The number of amides is 1. The molecule has 0 radical (unpaired) electrons. The highest BCUT2D eigenvalue weighted by Crippen LogP contribution is 2.41. The van der Waals surface area contributed by atoms with Crippen molar-refractivity contribution in [1.82, 2.24) is 9.80 Å². The number of fused-ring (bicyclic) bond motifs is 2. The van der Waals surface area contributed by atoms with E-state index in [4.69, 9.17) is 18.6 Å². The van der Waals surface area contributed by atoms with Crippen LogP contribution >= 0.6 is 0 Å². The van der Waals surface area contributed by atoms with E-state index in [2.05, 4.69) is 4.90 Å². The van der Waals surface area contributed by atoms with Gasteiger partial charge in [0.2, 0.25) is 5.76 Å². The molecule has 3 aromatic rings. The van der Waals surface area contributed by atoms with E-state index in [1.54, 1.807) is 30.2 Å². The lowest BCUT2D eigenvalue weighted by Gasteiger charge is -2.29. The van der Waals surface area contributed by atoms with E-state index in [1.165, 1.54) is 19.2 Å². The molecule has 2 aliphatic rings. The third kappa shape index (κ3) is 4.26. The highest BCUT2D eigenvalue weighted by atomic mass is 19.1. The third-order valence-electron chi connectivity index (χ3n) is 6.63. The minimum Gasteiger partial charge on any atom is -0.493 e. The van der Waals surface area contributed by atoms with Crippen molar-refractivity contribution in [3.05, 3.63) is 69.3 Å². The van der Waals surface area contributed by atoms with Crippen LogP contribution in [0, 0.1) is 5.82 Å². The maximum Gasteiger partial charge on any atom is 0.290 e. The Bertz CT molecular complexity index is 1320. The molecule has 0 unspecified atom stereocenters. The molecule has 9 heteroatoms. The van der Waals surface area contributed by atoms with Crippen LogP contribution in [0.4, 0.5) is 4.39 Å². The van der Waals surface area contributed by atoms with Crippen LogP contribution in [0.3, 0.4) is 0 Å². The van der Waals surface area contributed by atoms with Gasteiger partial charge in [-0.25, -0.2) is 4.39 Å². The fourth-order valence-electron chi connectivity index (χ4n) is 4.88. The first kappa shape index (κ1) is 23.3. The Hall–Kier alpha value is -3.43. The van der Waals surface area contributed by atoms with Gasteiger partial charge in [-0.15, -0.1) is 0 Å². The van der Waals surface area contributed by atoms with Crippen molar-refractivity contribution >= 4 is 16.9 Å². The predicted molar refractivity (Wildman–Crippen MR) is 127 cm³/mol. The second-order valence-electron chi connectivity index (χ2n) is 8.64. The second kappa shape index (κ2) is 9.67. The number of rotatable bonds is 7. The van der Waals surface area contributed by atoms with E-state index < -0.39 is 17.3 Å². The number of halogens is 1. The van der Waals surface area contributed by atoms with Gasteiger partial charge >= 0.3 is 0 Å². The predicted octanol–water partition coefficient (Wildman–Crippen LogP) is 3.22. The molecule has 2 aromatic carbocycles. The number of benzene rings is 2. The number of methoxy groups -OCH3 is 2. The zero-order valence-electron chi connectivity index (χ0n) is 19.7. The monoisotopic (exact) mass is 482 g/mol. The van der Waals surface area contributed by atoms with Gasteiger partial charge in [0.15, 0.2) is 16.9 Å². The van der Waals surface area contributed by atoms with Crippen molar-refractivity contribution in [3.63, 3.8) is 0 Å². The SMILES string of the molecule is COc1ccc([C@@H]2c3c(oc4ccc(F)cc4c3=O)C(=O)N2CCCN2CCOCC2)cc1OC. The lowest BCUT2D eigenvalue weighted by atomic mass is 9.98. The van der Waals surface area contributed by atoms with Gasteiger partial charge in [-0.3, -0.25) is 14.5 Å². The molecule has 1 saturated heterocycles. The van der Waals surface area contributed by atoms with Gasteiger partial charge < -0.3 is 23.5 Å². The fraction of sp³-hybridized carbons (Fsp3) is 0.385. The molecule has 0 bridgehead atoms. The summed E-state index contributed by atoms with van der Waals surface area (Å²) >= 11 is 0. The standard InChI is InChI=1S/C26H27FN2O6/c1-32-20-6-4-16(14-21(20)33-2)23-22-24(30)18-15-17(27)5-7-19(18)35-25(22)26(31)29(23)9-3-8-28-10-12-34-13-11-28/h4-7,14-15,23H,3,8-13H2,1-2H3/t23-/m1/s1. The molecule has 0 spiro atoms. The van der Waals surface area contributed by atoms with E-state index in [9.17, 15) is 14.0 Å². The lowest BCUT2D eigenvalue weighted by Crippen LogP contribution is -2.38. The number of morpholine rings is 1. The molecular weight excluding hydrogens is 455 g/mol. The lowest BCUT2D eigenvalue weighted by molar-refractivity contribution is 0.0353. The van der Waals surface area contributed by atoms with Crippen LogP contribution in [0.15, 0.2) is 45.6 Å². The van der Waals surface area contributed by atoms with Crippen molar-refractivity contribution < 1.29 is 27.8 Å². The molecule has 0 N–H and O–H groups in total. The average Bonchev–Trinajstić information content (AvgIpc) is 3.16. The first-order chi connectivity index (χ1) is 17.0. The van der Waals surface area contributed by atoms with E-state index >= 15 is 0 Å². The summed E-state index contributed by atoms with van der Waals surface area (Å²) in [6.45, 7) is 4.32. The summed E-state index contributed by atoms with van der Waals surface area (Å²) in [5, 5.41) is 0.109. The molecule has 184 valence electrons. The van der Waals surface area contributed by atoms with Gasteiger partial charge in [0, 0.05) is 26.2 Å². The molecule has 1 aromatic heterocycles. The molecule has 0 aliphatic carbocycles. The largest absolute Gasteiger partial charge is 0.493 e. The highest BCUT2D eigenvalue weighted by Gasteiger charge is 2.42. The van der Waals surface area contributed by atoms with Crippen molar-refractivity contribution in [3.8, 4) is 11.5 Å². The number of ether oxygens (including phenoxy) is 3. The summed E-state index contributed by atoms with van der Waals surface area (Å²) in [4.78, 5) is 31.0. The Labute approximate surface area is 201 Å². The van der Waals surface area contributed by atoms with Gasteiger partial charge in [0.05, 0.1) is 44.4 Å². The van der Waals surface area contributed by atoms with Gasteiger partial charge in [-0.1, -0.05) is 6.07 Å².